The third-order valence-corrected chi connectivity index (χ3v) is 3.03. The van der Waals surface area contributed by atoms with Gasteiger partial charge in [-0.15, -0.1) is 0 Å². The lowest BCUT2D eigenvalue weighted by atomic mass is 10.2. The Morgan fingerprint density at radius 3 is 2.65 bits per heavy atom. The van der Waals surface area contributed by atoms with Gasteiger partial charge >= 0.3 is 0 Å². The number of pyridine rings is 2. The largest absolute Gasteiger partial charge is 0.295 e. The highest BCUT2D eigenvalue weighted by Crippen LogP contribution is 2.26. The highest BCUT2D eigenvalue weighted by atomic mass is 35.5. The molecular formula is C13H10ClN3. The molecule has 3 aromatic rings. The van der Waals surface area contributed by atoms with Crippen molar-refractivity contribution in [3.8, 4) is 11.4 Å². The van der Waals surface area contributed by atoms with Gasteiger partial charge in [-0.2, -0.15) is 0 Å². The van der Waals surface area contributed by atoms with Crippen LogP contribution in [0.2, 0.25) is 5.15 Å². The summed E-state index contributed by atoms with van der Waals surface area (Å²) in [5, 5.41) is 0.528. The van der Waals surface area contributed by atoms with Crippen molar-refractivity contribution < 1.29 is 0 Å². The number of hydrogen-bond donors (Lipinski definition) is 0. The summed E-state index contributed by atoms with van der Waals surface area (Å²) >= 11 is 6.15. The summed E-state index contributed by atoms with van der Waals surface area (Å²) in [5.41, 5.74) is 3.04. The maximum atomic E-state index is 6.15. The average Bonchev–Trinajstić information content (AvgIpc) is 2.70. The lowest BCUT2D eigenvalue weighted by Gasteiger charge is -2.04. The van der Waals surface area contributed by atoms with Gasteiger partial charge in [-0.1, -0.05) is 17.7 Å². The van der Waals surface area contributed by atoms with Crippen LogP contribution in [-0.4, -0.2) is 14.4 Å². The molecule has 0 N–H and O–H groups in total. The molecule has 0 saturated heterocycles. The van der Waals surface area contributed by atoms with Gasteiger partial charge < -0.3 is 0 Å². The van der Waals surface area contributed by atoms with Crippen molar-refractivity contribution in [3.63, 3.8) is 0 Å². The summed E-state index contributed by atoms with van der Waals surface area (Å²) in [5.74, 6) is 0.852. The van der Waals surface area contributed by atoms with Crippen LogP contribution in [0.25, 0.3) is 16.9 Å². The molecule has 17 heavy (non-hydrogen) atoms. The topological polar surface area (TPSA) is 30.2 Å². The van der Waals surface area contributed by atoms with Crippen molar-refractivity contribution in [2.24, 2.45) is 0 Å². The zero-order chi connectivity index (χ0) is 11.8. The van der Waals surface area contributed by atoms with E-state index in [-0.39, 0.29) is 0 Å². The van der Waals surface area contributed by atoms with E-state index in [0.29, 0.717) is 5.15 Å². The summed E-state index contributed by atoms with van der Waals surface area (Å²) < 4.78 is 2.05. The summed E-state index contributed by atoms with van der Waals surface area (Å²) in [6.45, 7) is 2.04. The smallest absolute Gasteiger partial charge is 0.155 e. The molecule has 4 heteroatoms. The van der Waals surface area contributed by atoms with Crippen LogP contribution < -0.4 is 0 Å². The number of imidazole rings is 1. The number of aryl methyl sites for hydroxylation is 1. The lowest BCUT2D eigenvalue weighted by molar-refractivity contribution is 1.08. The van der Waals surface area contributed by atoms with Crippen molar-refractivity contribution >= 4 is 17.1 Å². The van der Waals surface area contributed by atoms with Gasteiger partial charge in [-0.05, 0) is 31.2 Å². The van der Waals surface area contributed by atoms with Crippen molar-refractivity contribution in [2.45, 2.75) is 6.92 Å². The molecule has 0 saturated carbocycles. The highest BCUT2D eigenvalue weighted by molar-refractivity contribution is 6.32. The van der Waals surface area contributed by atoms with Gasteiger partial charge in [0.1, 0.15) is 5.82 Å². The number of nitrogens with zero attached hydrogens (tertiary/aromatic N) is 3. The number of aromatic nitrogens is 3. The molecule has 0 aromatic carbocycles. The van der Waals surface area contributed by atoms with Crippen molar-refractivity contribution in [1.29, 1.82) is 0 Å². The summed E-state index contributed by atoms with van der Waals surface area (Å²) in [7, 11) is 0. The third kappa shape index (κ3) is 1.59. The fraction of sp³-hybridized carbons (Fsp3) is 0.0769. The maximum Gasteiger partial charge on any atom is 0.155 e. The Bertz CT molecular complexity index is 674. The zero-order valence-electron chi connectivity index (χ0n) is 9.26. The average molecular weight is 244 g/mol. The molecule has 0 atom stereocenters. The Hall–Kier alpha value is -1.87. The molecule has 0 spiro atoms. The van der Waals surface area contributed by atoms with Gasteiger partial charge in [0.25, 0.3) is 0 Å². The molecule has 0 fully saturated rings. The molecule has 0 aliphatic heterocycles. The first-order valence-electron chi connectivity index (χ1n) is 5.31. The van der Waals surface area contributed by atoms with E-state index in [9.17, 15) is 0 Å². The number of hydrogen-bond acceptors (Lipinski definition) is 2. The third-order valence-electron chi connectivity index (χ3n) is 2.75. The van der Waals surface area contributed by atoms with Crippen molar-refractivity contribution in [1.82, 2.24) is 14.4 Å². The monoisotopic (exact) mass is 243 g/mol. The van der Waals surface area contributed by atoms with Crippen LogP contribution in [0.15, 0.2) is 42.7 Å². The van der Waals surface area contributed by atoms with Crippen molar-refractivity contribution in [3.05, 3.63) is 53.6 Å². The van der Waals surface area contributed by atoms with Crippen LogP contribution in [0, 0.1) is 6.92 Å². The molecule has 0 aliphatic rings. The minimum Gasteiger partial charge on any atom is -0.295 e. The molecule has 3 rings (SSSR count). The predicted molar refractivity (Wildman–Crippen MR) is 68.2 cm³/mol. The van der Waals surface area contributed by atoms with E-state index in [0.717, 1.165) is 22.6 Å². The van der Waals surface area contributed by atoms with E-state index in [4.69, 9.17) is 11.6 Å². The van der Waals surface area contributed by atoms with E-state index in [2.05, 4.69) is 14.4 Å². The van der Waals surface area contributed by atoms with Crippen LogP contribution in [0.4, 0.5) is 0 Å². The summed E-state index contributed by atoms with van der Waals surface area (Å²) in [6, 6.07) is 9.84. The number of fused-ring (bicyclic) bond motifs is 1. The number of halogens is 1. The minimum absolute atomic E-state index is 0.528. The van der Waals surface area contributed by atoms with Crippen molar-refractivity contribution in [2.75, 3.05) is 0 Å². The second-order valence-corrected chi connectivity index (χ2v) is 4.21. The molecule has 3 nitrogen and oxygen atoms in total. The van der Waals surface area contributed by atoms with E-state index in [1.165, 1.54) is 0 Å². The quantitative estimate of drug-likeness (QED) is 0.656. The van der Waals surface area contributed by atoms with Gasteiger partial charge in [0.15, 0.2) is 5.15 Å². The molecule has 84 valence electrons. The van der Waals surface area contributed by atoms with Crippen LogP contribution in [0.1, 0.15) is 5.69 Å². The molecule has 3 aromatic heterocycles. The SMILES string of the molecule is Cc1cccc2c(Cl)nc(-c3ccncc3)n12. The van der Waals surface area contributed by atoms with Gasteiger partial charge in [0.05, 0.1) is 5.52 Å². The van der Waals surface area contributed by atoms with Gasteiger partial charge in [-0.25, -0.2) is 4.98 Å². The van der Waals surface area contributed by atoms with Gasteiger partial charge in [0, 0.05) is 23.7 Å². The second kappa shape index (κ2) is 3.86. The second-order valence-electron chi connectivity index (χ2n) is 3.85. The first-order chi connectivity index (χ1) is 8.27. The molecule has 0 unspecified atom stereocenters. The van der Waals surface area contributed by atoms with E-state index >= 15 is 0 Å². The summed E-state index contributed by atoms with van der Waals surface area (Å²) in [6.07, 6.45) is 3.51. The van der Waals surface area contributed by atoms with Crippen LogP contribution in [0.5, 0.6) is 0 Å². The van der Waals surface area contributed by atoms with E-state index in [1.807, 2.05) is 37.3 Å². The molecular weight excluding hydrogens is 234 g/mol. The molecule has 0 aliphatic carbocycles. The standard InChI is InChI=1S/C13H10ClN3/c1-9-3-2-4-11-12(14)16-13(17(9)11)10-5-7-15-8-6-10/h2-8H,1H3. The lowest BCUT2D eigenvalue weighted by Crippen LogP contribution is -1.93. The minimum atomic E-state index is 0.528. The number of rotatable bonds is 1. The fourth-order valence-electron chi connectivity index (χ4n) is 1.95. The summed E-state index contributed by atoms with van der Waals surface area (Å²) in [4.78, 5) is 8.43. The van der Waals surface area contributed by atoms with Gasteiger partial charge in [0.2, 0.25) is 0 Å². The van der Waals surface area contributed by atoms with Gasteiger partial charge in [-0.3, -0.25) is 9.38 Å². The van der Waals surface area contributed by atoms with E-state index < -0.39 is 0 Å². The Labute approximate surface area is 104 Å². The van der Waals surface area contributed by atoms with Crippen LogP contribution in [-0.2, 0) is 0 Å². The van der Waals surface area contributed by atoms with Crippen LogP contribution in [0.3, 0.4) is 0 Å². The zero-order valence-corrected chi connectivity index (χ0v) is 10.0. The Kier molecular flexibility index (Phi) is 2.34. The maximum absolute atomic E-state index is 6.15. The molecule has 0 bridgehead atoms. The Morgan fingerprint density at radius 2 is 1.88 bits per heavy atom. The first kappa shape index (κ1) is 10.3. The first-order valence-corrected chi connectivity index (χ1v) is 5.69. The Balaban J connectivity index is 2.38. The fourth-order valence-corrected chi connectivity index (χ4v) is 2.18. The normalized spacial score (nSPS) is 10.9. The molecule has 3 heterocycles. The Morgan fingerprint density at radius 1 is 1.12 bits per heavy atom. The predicted octanol–water partition coefficient (Wildman–Crippen LogP) is 3.36. The highest BCUT2D eigenvalue weighted by Gasteiger charge is 2.11. The molecule has 0 radical (unpaired) electrons. The molecule has 0 amide bonds. The van der Waals surface area contributed by atoms with E-state index in [1.54, 1.807) is 12.4 Å². The van der Waals surface area contributed by atoms with Crippen LogP contribution >= 0.6 is 11.6 Å².